The Labute approximate surface area is 160 Å². The summed E-state index contributed by atoms with van der Waals surface area (Å²) in [5, 5.41) is 13.6. The number of nitro groups is 1. The Balaban J connectivity index is 2.00. The molecule has 0 heterocycles. The molecule has 0 atom stereocenters. The standard InChI is InChI=1S/C19H18N2O7/c1-3-27-17-8-7-14(10-16(17)21(25)26)19(24)28-11-18(23)20-15-6-4-5-13(9-15)12(2)22/h4-10H,3,11H2,1-2H3,(H,20,23). The Hall–Kier alpha value is -3.75. The average molecular weight is 386 g/mol. The van der Waals surface area contributed by atoms with E-state index in [1.807, 2.05) is 0 Å². The van der Waals surface area contributed by atoms with Gasteiger partial charge in [0.25, 0.3) is 5.91 Å². The van der Waals surface area contributed by atoms with E-state index in [0.717, 1.165) is 6.07 Å². The summed E-state index contributed by atoms with van der Waals surface area (Å²) < 4.78 is 10.0. The number of nitrogens with one attached hydrogen (secondary N) is 1. The van der Waals surface area contributed by atoms with E-state index in [-0.39, 0.29) is 29.4 Å². The zero-order valence-electron chi connectivity index (χ0n) is 15.3. The number of nitrogens with zero attached hydrogens (tertiary/aromatic N) is 1. The van der Waals surface area contributed by atoms with Gasteiger partial charge in [-0.3, -0.25) is 19.7 Å². The molecule has 0 radical (unpaired) electrons. The molecule has 1 N–H and O–H groups in total. The van der Waals surface area contributed by atoms with Crippen LogP contribution in [0, 0.1) is 10.1 Å². The average Bonchev–Trinajstić information content (AvgIpc) is 2.66. The van der Waals surface area contributed by atoms with Gasteiger partial charge < -0.3 is 14.8 Å². The fourth-order valence-electron chi connectivity index (χ4n) is 2.29. The number of Topliss-reactive ketones (excluding diaryl/α,β-unsaturated/α-hetero) is 1. The molecule has 0 unspecified atom stereocenters. The molecule has 0 saturated heterocycles. The van der Waals surface area contributed by atoms with Crippen LogP contribution in [0.25, 0.3) is 0 Å². The lowest BCUT2D eigenvalue weighted by molar-refractivity contribution is -0.385. The fraction of sp³-hybridized carbons (Fsp3) is 0.211. The monoisotopic (exact) mass is 386 g/mol. The molecule has 0 bridgehead atoms. The smallest absolute Gasteiger partial charge is 0.338 e. The summed E-state index contributed by atoms with van der Waals surface area (Å²) in [4.78, 5) is 45.8. The Bertz CT molecular complexity index is 924. The molecule has 1 amide bonds. The second kappa shape index (κ2) is 9.26. The highest BCUT2D eigenvalue weighted by atomic mass is 16.6. The number of hydrogen-bond donors (Lipinski definition) is 1. The number of amides is 1. The van der Waals surface area contributed by atoms with Crippen LogP contribution in [-0.2, 0) is 9.53 Å². The zero-order valence-corrected chi connectivity index (χ0v) is 15.3. The topological polar surface area (TPSA) is 125 Å². The van der Waals surface area contributed by atoms with Crippen molar-refractivity contribution in [3.63, 3.8) is 0 Å². The Morgan fingerprint density at radius 3 is 2.50 bits per heavy atom. The molecule has 28 heavy (non-hydrogen) atoms. The van der Waals surface area contributed by atoms with Crippen LogP contribution < -0.4 is 10.1 Å². The number of hydrogen-bond acceptors (Lipinski definition) is 7. The molecule has 9 nitrogen and oxygen atoms in total. The van der Waals surface area contributed by atoms with Crippen molar-refractivity contribution < 1.29 is 28.8 Å². The summed E-state index contributed by atoms with van der Waals surface area (Å²) in [6.45, 7) is 2.72. The number of ether oxygens (including phenoxy) is 2. The summed E-state index contributed by atoms with van der Waals surface area (Å²) in [7, 11) is 0. The second-order valence-corrected chi connectivity index (χ2v) is 5.63. The van der Waals surface area contributed by atoms with Crippen molar-refractivity contribution in [1.29, 1.82) is 0 Å². The minimum absolute atomic E-state index is 0.0344. The van der Waals surface area contributed by atoms with Crippen molar-refractivity contribution >= 4 is 29.0 Å². The SMILES string of the molecule is CCOc1ccc(C(=O)OCC(=O)Nc2cccc(C(C)=O)c2)cc1[N+](=O)[O-]. The highest BCUT2D eigenvalue weighted by Crippen LogP contribution is 2.28. The largest absolute Gasteiger partial charge is 0.487 e. The molecule has 0 spiro atoms. The Kier molecular flexibility index (Phi) is 6.80. The first-order valence-corrected chi connectivity index (χ1v) is 8.31. The number of benzene rings is 2. The van der Waals surface area contributed by atoms with Crippen LogP contribution in [0.1, 0.15) is 34.6 Å². The summed E-state index contributed by atoms with van der Waals surface area (Å²) in [6.07, 6.45) is 0. The van der Waals surface area contributed by atoms with E-state index in [1.165, 1.54) is 25.1 Å². The number of anilines is 1. The van der Waals surface area contributed by atoms with Gasteiger partial charge in [-0.1, -0.05) is 12.1 Å². The first-order valence-electron chi connectivity index (χ1n) is 8.31. The maximum Gasteiger partial charge on any atom is 0.338 e. The van der Waals surface area contributed by atoms with Crippen molar-refractivity contribution in [1.82, 2.24) is 0 Å². The summed E-state index contributed by atoms with van der Waals surface area (Å²) in [5.41, 5.74) is 0.352. The third-order valence-electron chi connectivity index (χ3n) is 3.58. The molecular formula is C19H18N2O7. The zero-order chi connectivity index (χ0) is 20.7. The van der Waals surface area contributed by atoms with Gasteiger partial charge in [0.1, 0.15) is 0 Å². The molecule has 2 rings (SSSR count). The van der Waals surface area contributed by atoms with E-state index < -0.39 is 23.4 Å². The molecular weight excluding hydrogens is 368 g/mol. The highest BCUT2D eigenvalue weighted by Gasteiger charge is 2.20. The number of ketones is 1. The van der Waals surface area contributed by atoms with Crippen molar-refractivity contribution in [2.45, 2.75) is 13.8 Å². The third-order valence-corrected chi connectivity index (χ3v) is 3.58. The predicted octanol–water partition coefficient (Wildman–Crippen LogP) is 2.99. The Morgan fingerprint density at radius 2 is 1.86 bits per heavy atom. The van der Waals surface area contributed by atoms with Crippen LogP contribution >= 0.6 is 0 Å². The van der Waals surface area contributed by atoms with Crippen LogP contribution in [0.15, 0.2) is 42.5 Å². The molecule has 0 aliphatic rings. The molecule has 9 heteroatoms. The molecule has 2 aromatic rings. The van der Waals surface area contributed by atoms with Gasteiger partial charge in [0, 0.05) is 17.3 Å². The lowest BCUT2D eigenvalue weighted by Crippen LogP contribution is -2.21. The van der Waals surface area contributed by atoms with E-state index in [0.29, 0.717) is 11.3 Å². The van der Waals surface area contributed by atoms with Gasteiger partial charge in [-0.15, -0.1) is 0 Å². The summed E-state index contributed by atoms with van der Waals surface area (Å²) in [5.74, 6) is -1.62. The van der Waals surface area contributed by atoms with Crippen LogP contribution in [0.4, 0.5) is 11.4 Å². The quantitative estimate of drug-likeness (QED) is 0.320. The minimum Gasteiger partial charge on any atom is -0.487 e. The van der Waals surface area contributed by atoms with Crippen molar-refractivity contribution in [2.75, 3.05) is 18.5 Å². The van der Waals surface area contributed by atoms with E-state index >= 15 is 0 Å². The van der Waals surface area contributed by atoms with Gasteiger partial charge in [0.15, 0.2) is 18.1 Å². The minimum atomic E-state index is -0.890. The Morgan fingerprint density at radius 1 is 1.11 bits per heavy atom. The first-order chi connectivity index (χ1) is 13.3. The van der Waals surface area contributed by atoms with Crippen LogP contribution in [0.3, 0.4) is 0 Å². The van der Waals surface area contributed by atoms with Gasteiger partial charge in [0.05, 0.1) is 17.1 Å². The predicted molar refractivity (Wildman–Crippen MR) is 99.6 cm³/mol. The van der Waals surface area contributed by atoms with E-state index in [9.17, 15) is 24.5 Å². The number of nitro benzene ring substituents is 1. The number of carbonyl (C=O) groups excluding carboxylic acids is 3. The molecule has 0 fully saturated rings. The maximum atomic E-state index is 12.1. The fourth-order valence-corrected chi connectivity index (χ4v) is 2.29. The molecule has 0 aromatic heterocycles. The summed E-state index contributed by atoms with van der Waals surface area (Å²) >= 11 is 0. The molecule has 0 aliphatic carbocycles. The van der Waals surface area contributed by atoms with Gasteiger partial charge in [-0.05, 0) is 38.1 Å². The van der Waals surface area contributed by atoms with Gasteiger partial charge >= 0.3 is 11.7 Å². The van der Waals surface area contributed by atoms with Gasteiger partial charge in [-0.25, -0.2) is 4.79 Å². The van der Waals surface area contributed by atoms with Crippen molar-refractivity contribution in [3.8, 4) is 5.75 Å². The van der Waals surface area contributed by atoms with Crippen molar-refractivity contribution in [3.05, 3.63) is 63.7 Å². The molecule has 146 valence electrons. The second-order valence-electron chi connectivity index (χ2n) is 5.63. The first kappa shape index (κ1) is 20.6. The van der Waals surface area contributed by atoms with E-state index in [2.05, 4.69) is 5.32 Å². The van der Waals surface area contributed by atoms with Crippen LogP contribution in [0.5, 0.6) is 5.75 Å². The molecule has 2 aromatic carbocycles. The highest BCUT2D eigenvalue weighted by molar-refractivity contribution is 5.98. The number of carbonyl (C=O) groups is 3. The molecule has 0 aliphatic heterocycles. The van der Waals surface area contributed by atoms with Crippen LogP contribution in [0.2, 0.25) is 0 Å². The molecule has 0 saturated carbocycles. The maximum absolute atomic E-state index is 12.1. The van der Waals surface area contributed by atoms with E-state index in [1.54, 1.807) is 25.1 Å². The van der Waals surface area contributed by atoms with Gasteiger partial charge in [0.2, 0.25) is 0 Å². The number of rotatable bonds is 8. The lowest BCUT2D eigenvalue weighted by atomic mass is 10.1. The van der Waals surface area contributed by atoms with Crippen molar-refractivity contribution in [2.24, 2.45) is 0 Å². The van der Waals surface area contributed by atoms with E-state index in [4.69, 9.17) is 9.47 Å². The lowest BCUT2D eigenvalue weighted by Gasteiger charge is -2.08. The third kappa shape index (κ3) is 5.37. The van der Waals surface area contributed by atoms with Crippen LogP contribution in [-0.4, -0.2) is 35.8 Å². The number of esters is 1. The normalized spacial score (nSPS) is 10.1. The van der Waals surface area contributed by atoms with Gasteiger partial charge in [-0.2, -0.15) is 0 Å². The summed E-state index contributed by atoms with van der Waals surface area (Å²) in [6, 6.07) is 9.94.